The fraction of sp³-hybridized carbons (Fsp3) is 0.385. The molecule has 2 aromatic rings. The standard InChI is InChI=1S/C13H16N2O/c14-12-4-1-5-13-11(12)6-7-15(13)9-10-3-2-8-16-10/h2-3,6-8,12H,1,4-5,9,14H2. The third kappa shape index (κ3) is 1.57. The maximum absolute atomic E-state index is 6.10. The summed E-state index contributed by atoms with van der Waals surface area (Å²) in [5, 5.41) is 0. The van der Waals surface area contributed by atoms with Crippen molar-refractivity contribution in [2.45, 2.75) is 31.8 Å². The minimum absolute atomic E-state index is 0.224. The van der Waals surface area contributed by atoms with Gasteiger partial charge in [0.05, 0.1) is 12.8 Å². The van der Waals surface area contributed by atoms with Crippen molar-refractivity contribution in [2.75, 3.05) is 0 Å². The highest BCUT2D eigenvalue weighted by Gasteiger charge is 2.20. The number of nitrogens with two attached hydrogens (primary N) is 1. The van der Waals surface area contributed by atoms with Crippen molar-refractivity contribution in [1.29, 1.82) is 0 Å². The summed E-state index contributed by atoms with van der Waals surface area (Å²) in [6.07, 6.45) is 7.28. The average Bonchev–Trinajstić information content (AvgIpc) is 2.90. The van der Waals surface area contributed by atoms with Crippen LogP contribution in [-0.2, 0) is 13.0 Å². The van der Waals surface area contributed by atoms with Gasteiger partial charge in [-0.1, -0.05) is 0 Å². The van der Waals surface area contributed by atoms with Crippen molar-refractivity contribution in [2.24, 2.45) is 5.73 Å². The summed E-state index contributed by atoms with van der Waals surface area (Å²) in [5.41, 5.74) is 8.80. The smallest absolute Gasteiger partial charge is 0.123 e. The van der Waals surface area contributed by atoms with E-state index in [4.69, 9.17) is 10.2 Å². The van der Waals surface area contributed by atoms with Crippen LogP contribution in [0.2, 0.25) is 0 Å². The fourth-order valence-corrected chi connectivity index (χ4v) is 2.51. The van der Waals surface area contributed by atoms with Crippen LogP contribution in [0.25, 0.3) is 0 Å². The molecule has 2 N–H and O–H groups in total. The third-order valence-corrected chi connectivity index (χ3v) is 3.35. The second-order valence-electron chi connectivity index (χ2n) is 4.42. The van der Waals surface area contributed by atoms with Crippen molar-refractivity contribution in [3.8, 4) is 0 Å². The van der Waals surface area contributed by atoms with E-state index >= 15 is 0 Å². The quantitative estimate of drug-likeness (QED) is 0.838. The number of fused-ring (bicyclic) bond motifs is 1. The zero-order valence-corrected chi connectivity index (χ0v) is 9.23. The van der Waals surface area contributed by atoms with Crippen LogP contribution < -0.4 is 5.73 Å². The minimum Gasteiger partial charge on any atom is -0.467 e. The lowest BCUT2D eigenvalue weighted by Gasteiger charge is -2.20. The average molecular weight is 216 g/mol. The monoisotopic (exact) mass is 216 g/mol. The molecule has 0 aromatic carbocycles. The Morgan fingerprint density at radius 3 is 3.19 bits per heavy atom. The topological polar surface area (TPSA) is 44.1 Å². The summed E-state index contributed by atoms with van der Waals surface area (Å²) < 4.78 is 7.63. The van der Waals surface area contributed by atoms with E-state index in [0.717, 1.165) is 25.1 Å². The largest absolute Gasteiger partial charge is 0.467 e. The van der Waals surface area contributed by atoms with Crippen LogP contribution in [-0.4, -0.2) is 4.57 Å². The second-order valence-corrected chi connectivity index (χ2v) is 4.42. The molecule has 1 aliphatic rings. The van der Waals surface area contributed by atoms with Crippen LogP contribution in [0.15, 0.2) is 35.1 Å². The highest BCUT2D eigenvalue weighted by molar-refractivity contribution is 5.28. The fourth-order valence-electron chi connectivity index (χ4n) is 2.51. The molecule has 3 rings (SSSR count). The number of rotatable bonds is 2. The summed E-state index contributed by atoms with van der Waals surface area (Å²) in [6.45, 7) is 0.815. The van der Waals surface area contributed by atoms with E-state index in [-0.39, 0.29) is 6.04 Å². The first kappa shape index (κ1) is 9.73. The van der Waals surface area contributed by atoms with Crippen molar-refractivity contribution in [3.63, 3.8) is 0 Å². The first-order valence-corrected chi connectivity index (χ1v) is 5.80. The lowest BCUT2D eigenvalue weighted by atomic mass is 9.94. The number of hydrogen-bond donors (Lipinski definition) is 1. The Balaban J connectivity index is 1.91. The van der Waals surface area contributed by atoms with Crippen molar-refractivity contribution < 1.29 is 4.42 Å². The molecule has 84 valence electrons. The van der Waals surface area contributed by atoms with Gasteiger partial charge in [0.25, 0.3) is 0 Å². The molecule has 1 atom stereocenters. The van der Waals surface area contributed by atoms with E-state index in [9.17, 15) is 0 Å². The van der Waals surface area contributed by atoms with Gasteiger partial charge in [0.15, 0.2) is 0 Å². The lowest BCUT2D eigenvalue weighted by molar-refractivity contribution is 0.481. The third-order valence-electron chi connectivity index (χ3n) is 3.35. The maximum Gasteiger partial charge on any atom is 0.123 e. The van der Waals surface area contributed by atoms with E-state index in [0.29, 0.717) is 0 Å². The summed E-state index contributed by atoms with van der Waals surface area (Å²) in [4.78, 5) is 0. The zero-order chi connectivity index (χ0) is 11.0. The van der Waals surface area contributed by atoms with E-state index < -0.39 is 0 Å². The van der Waals surface area contributed by atoms with Crippen LogP contribution in [0.1, 0.15) is 35.9 Å². The predicted octanol–water partition coefficient (Wildman–Crippen LogP) is 2.47. The molecule has 0 saturated heterocycles. The molecule has 0 fully saturated rings. The highest BCUT2D eigenvalue weighted by Crippen LogP contribution is 2.29. The van der Waals surface area contributed by atoms with Gasteiger partial charge in [0.2, 0.25) is 0 Å². The Labute approximate surface area is 94.9 Å². The second kappa shape index (κ2) is 3.83. The van der Waals surface area contributed by atoms with Crippen LogP contribution >= 0.6 is 0 Å². The number of nitrogens with zero attached hydrogens (tertiary/aromatic N) is 1. The van der Waals surface area contributed by atoms with E-state index in [1.807, 2.05) is 12.1 Å². The molecule has 2 aromatic heterocycles. The Morgan fingerprint density at radius 2 is 2.38 bits per heavy atom. The maximum atomic E-state index is 6.10. The molecule has 3 heteroatoms. The van der Waals surface area contributed by atoms with Gasteiger partial charge in [0, 0.05) is 17.9 Å². The van der Waals surface area contributed by atoms with Crippen molar-refractivity contribution in [1.82, 2.24) is 4.57 Å². The van der Waals surface area contributed by atoms with Crippen molar-refractivity contribution in [3.05, 3.63) is 47.7 Å². The number of hydrogen-bond acceptors (Lipinski definition) is 2. The van der Waals surface area contributed by atoms with Gasteiger partial charge >= 0.3 is 0 Å². The van der Waals surface area contributed by atoms with Crippen molar-refractivity contribution >= 4 is 0 Å². The van der Waals surface area contributed by atoms with Gasteiger partial charge < -0.3 is 14.7 Å². The molecule has 16 heavy (non-hydrogen) atoms. The molecule has 1 unspecified atom stereocenters. The molecule has 0 saturated carbocycles. The summed E-state index contributed by atoms with van der Waals surface area (Å²) in [7, 11) is 0. The molecule has 0 spiro atoms. The van der Waals surface area contributed by atoms with Gasteiger partial charge in [-0.2, -0.15) is 0 Å². The van der Waals surface area contributed by atoms with Crippen LogP contribution in [0.5, 0.6) is 0 Å². The molecule has 0 bridgehead atoms. The summed E-state index contributed by atoms with van der Waals surface area (Å²) in [6, 6.07) is 6.32. The molecule has 2 heterocycles. The first-order valence-electron chi connectivity index (χ1n) is 5.80. The molecule has 0 aliphatic heterocycles. The van der Waals surface area contributed by atoms with Gasteiger partial charge in [-0.3, -0.25) is 0 Å². The van der Waals surface area contributed by atoms with Crippen LogP contribution in [0.3, 0.4) is 0 Å². The number of furan rings is 1. The lowest BCUT2D eigenvalue weighted by Crippen LogP contribution is -2.18. The molecule has 0 radical (unpaired) electrons. The normalized spacial score (nSPS) is 19.7. The van der Waals surface area contributed by atoms with Crippen LogP contribution in [0, 0.1) is 0 Å². The minimum atomic E-state index is 0.224. The van der Waals surface area contributed by atoms with Gasteiger partial charge in [-0.15, -0.1) is 0 Å². The Bertz CT molecular complexity index is 470. The molecular formula is C13H16N2O. The Hall–Kier alpha value is -1.48. The Kier molecular flexibility index (Phi) is 2.33. The van der Waals surface area contributed by atoms with E-state index in [1.54, 1.807) is 6.26 Å². The molecule has 3 nitrogen and oxygen atoms in total. The van der Waals surface area contributed by atoms with Gasteiger partial charge in [-0.25, -0.2) is 0 Å². The SMILES string of the molecule is NC1CCCc2c1ccn2Cc1ccco1. The van der Waals surface area contributed by atoms with Gasteiger partial charge in [0.1, 0.15) is 5.76 Å². The van der Waals surface area contributed by atoms with E-state index in [1.165, 1.54) is 17.7 Å². The van der Waals surface area contributed by atoms with Crippen LogP contribution in [0.4, 0.5) is 0 Å². The highest BCUT2D eigenvalue weighted by atomic mass is 16.3. The summed E-state index contributed by atoms with van der Waals surface area (Å²) in [5.74, 6) is 0.998. The zero-order valence-electron chi connectivity index (χ0n) is 9.23. The first-order chi connectivity index (χ1) is 7.84. The molecule has 0 amide bonds. The summed E-state index contributed by atoms with van der Waals surface area (Å²) >= 11 is 0. The van der Waals surface area contributed by atoms with E-state index in [2.05, 4.69) is 16.8 Å². The number of aromatic nitrogens is 1. The molecule has 1 aliphatic carbocycles. The predicted molar refractivity (Wildman–Crippen MR) is 62.1 cm³/mol. The van der Waals surface area contributed by atoms with Gasteiger partial charge in [-0.05, 0) is 43.0 Å². The Morgan fingerprint density at radius 1 is 1.44 bits per heavy atom. The molecular weight excluding hydrogens is 200 g/mol.